The molecule has 0 spiro atoms. The van der Waals surface area contributed by atoms with Crippen LogP contribution < -0.4 is 5.32 Å². The highest BCUT2D eigenvalue weighted by molar-refractivity contribution is 5.89. The van der Waals surface area contributed by atoms with Crippen LogP contribution in [0.2, 0.25) is 0 Å². The summed E-state index contributed by atoms with van der Waals surface area (Å²) in [4.78, 5) is 13.7. The standard InChI is InChI=1S/C16H16FN3O3/c17-13-4-2-1-3-12(13)14-9-15(19-23-14)18-16(22)20-7-5-11(10-21)6-8-20/h1-5,9,21H,6-8,10H2,(H,18,19,22). The molecule has 1 aromatic carbocycles. The first kappa shape index (κ1) is 15.2. The van der Waals surface area contributed by atoms with Gasteiger partial charge in [0.2, 0.25) is 0 Å². The SMILES string of the molecule is O=C(Nc1cc(-c2ccccc2F)on1)N1CC=C(CO)CC1. The first-order valence-corrected chi connectivity index (χ1v) is 7.23. The smallest absolute Gasteiger partial charge is 0.323 e. The summed E-state index contributed by atoms with van der Waals surface area (Å²) in [6.45, 7) is 0.973. The molecule has 0 aliphatic carbocycles. The molecule has 0 radical (unpaired) electrons. The van der Waals surface area contributed by atoms with Crippen molar-refractivity contribution in [2.24, 2.45) is 0 Å². The van der Waals surface area contributed by atoms with E-state index in [0.29, 0.717) is 19.5 Å². The summed E-state index contributed by atoms with van der Waals surface area (Å²) >= 11 is 0. The molecule has 0 unspecified atom stereocenters. The number of aliphatic hydroxyl groups excluding tert-OH is 1. The number of benzene rings is 1. The van der Waals surface area contributed by atoms with E-state index in [1.165, 1.54) is 12.1 Å². The molecule has 0 saturated heterocycles. The number of anilines is 1. The van der Waals surface area contributed by atoms with E-state index >= 15 is 0 Å². The lowest BCUT2D eigenvalue weighted by Gasteiger charge is -2.25. The number of aromatic nitrogens is 1. The zero-order chi connectivity index (χ0) is 16.2. The van der Waals surface area contributed by atoms with Crippen LogP contribution in [0.1, 0.15) is 6.42 Å². The Kier molecular flexibility index (Phi) is 4.38. The number of amides is 2. The lowest BCUT2D eigenvalue weighted by molar-refractivity contribution is 0.213. The quantitative estimate of drug-likeness (QED) is 0.853. The molecule has 0 bridgehead atoms. The van der Waals surface area contributed by atoms with E-state index in [0.717, 1.165) is 5.57 Å². The molecule has 3 rings (SSSR count). The summed E-state index contributed by atoms with van der Waals surface area (Å²) < 4.78 is 18.8. The normalized spacial score (nSPS) is 14.5. The zero-order valence-electron chi connectivity index (χ0n) is 12.3. The highest BCUT2D eigenvalue weighted by Gasteiger charge is 2.19. The predicted octanol–water partition coefficient (Wildman–Crippen LogP) is 2.64. The maximum atomic E-state index is 13.7. The third-order valence-corrected chi connectivity index (χ3v) is 3.68. The van der Waals surface area contributed by atoms with Gasteiger partial charge in [0.05, 0.1) is 12.2 Å². The van der Waals surface area contributed by atoms with Gasteiger partial charge >= 0.3 is 6.03 Å². The van der Waals surface area contributed by atoms with Gasteiger partial charge in [0.15, 0.2) is 11.6 Å². The molecular formula is C16H16FN3O3. The molecule has 1 aliphatic rings. The Bertz CT molecular complexity index is 742. The molecule has 120 valence electrons. The molecule has 2 amide bonds. The van der Waals surface area contributed by atoms with Crippen molar-refractivity contribution in [3.63, 3.8) is 0 Å². The second kappa shape index (κ2) is 6.62. The Morgan fingerprint density at radius 2 is 2.26 bits per heavy atom. The Balaban J connectivity index is 1.67. The van der Waals surface area contributed by atoms with Crippen molar-refractivity contribution >= 4 is 11.8 Å². The fourth-order valence-electron chi connectivity index (χ4n) is 2.35. The van der Waals surface area contributed by atoms with Gasteiger partial charge in [0, 0.05) is 19.2 Å². The number of halogens is 1. The number of aliphatic hydroxyl groups is 1. The second-order valence-electron chi connectivity index (χ2n) is 5.20. The van der Waals surface area contributed by atoms with Gasteiger partial charge in [-0.25, -0.2) is 9.18 Å². The second-order valence-corrected chi connectivity index (χ2v) is 5.20. The number of carbonyl (C=O) groups excluding carboxylic acids is 1. The molecule has 2 N–H and O–H groups in total. The number of rotatable bonds is 3. The summed E-state index contributed by atoms with van der Waals surface area (Å²) in [6, 6.07) is 7.35. The number of nitrogens with one attached hydrogen (secondary N) is 1. The van der Waals surface area contributed by atoms with Crippen LogP contribution in [-0.2, 0) is 0 Å². The molecule has 0 fully saturated rings. The van der Waals surface area contributed by atoms with Crippen LogP contribution >= 0.6 is 0 Å². The maximum Gasteiger partial charge on any atom is 0.323 e. The van der Waals surface area contributed by atoms with Gasteiger partial charge in [-0.15, -0.1) is 0 Å². The van der Waals surface area contributed by atoms with E-state index in [2.05, 4.69) is 10.5 Å². The zero-order valence-corrected chi connectivity index (χ0v) is 12.3. The molecule has 1 aliphatic heterocycles. The van der Waals surface area contributed by atoms with E-state index in [4.69, 9.17) is 9.63 Å². The van der Waals surface area contributed by atoms with Crippen LogP contribution in [0.3, 0.4) is 0 Å². The first-order chi connectivity index (χ1) is 11.2. The molecule has 1 aromatic heterocycles. The molecule has 0 saturated carbocycles. The minimum absolute atomic E-state index is 0.0186. The molecule has 7 heteroatoms. The van der Waals surface area contributed by atoms with Crippen molar-refractivity contribution in [1.29, 1.82) is 0 Å². The van der Waals surface area contributed by atoms with Crippen molar-refractivity contribution in [2.75, 3.05) is 25.0 Å². The number of urea groups is 1. The third-order valence-electron chi connectivity index (χ3n) is 3.68. The number of hydrogen-bond acceptors (Lipinski definition) is 4. The lowest BCUT2D eigenvalue weighted by Crippen LogP contribution is -2.38. The third kappa shape index (κ3) is 3.40. The molecule has 6 nitrogen and oxygen atoms in total. The van der Waals surface area contributed by atoms with E-state index in [1.807, 2.05) is 6.08 Å². The molecule has 2 heterocycles. The van der Waals surface area contributed by atoms with Crippen LogP contribution in [0.25, 0.3) is 11.3 Å². The van der Waals surface area contributed by atoms with Crippen LogP contribution in [0.15, 0.2) is 46.5 Å². The van der Waals surface area contributed by atoms with Gasteiger partial charge in [-0.05, 0) is 24.1 Å². The Labute approximate surface area is 132 Å². The maximum absolute atomic E-state index is 13.7. The fraction of sp³-hybridized carbons (Fsp3) is 0.250. The minimum Gasteiger partial charge on any atom is -0.392 e. The molecule has 2 aromatic rings. The van der Waals surface area contributed by atoms with Crippen LogP contribution in [0.5, 0.6) is 0 Å². The van der Waals surface area contributed by atoms with E-state index < -0.39 is 5.82 Å². The van der Waals surface area contributed by atoms with Crippen LogP contribution in [0, 0.1) is 5.82 Å². The van der Waals surface area contributed by atoms with Crippen molar-refractivity contribution in [1.82, 2.24) is 10.1 Å². The molecular weight excluding hydrogens is 301 g/mol. The van der Waals surface area contributed by atoms with Crippen LogP contribution in [0.4, 0.5) is 15.0 Å². The summed E-state index contributed by atoms with van der Waals surface area (Å²) in [6.07, 6.45) is 2.47. The lowest BCUT2D eigenvalue weighted by atomic mass is 10.1. The first-order valence-electron chi connectivity index (χ1n) is 7.23. The van der Waals surface area contributed by atoms with Gasteiger partial charge in [-0.3, -0.25) is 5.32 Å². The van der Waals surface area contributed by atoms with E-state index in [-0.39, 0.29) is 29.8 Å². The monoisotopic (exact) mass is 317 g/mol. The van der Waals surface area contributed by atoms with Gasteiger partial charge in [0.1, 0.15) is 5.82 Å². The number of hydrogen-bond donors (Lipinski definition) is 2. The Morgan fingerprint density at radius 3 is 2.96 bits per heavy atom. The minimum atomic E-state index is -0.417. The number of carbonyl (C=O) groups is 1. The van der Waals surface area contributed by atoms with Gasteiger partial charge in [-0.1, -0.05) is 23.4 Å². The van der Waals surface area contributed by atoms with Crippen molar-refractivity contribution in [2.45, 2.75) is 6.42 Å². The highest BCUT2D eigenvalue weighted by atomic mass is 19.1. The van der Waals surface area contributed by atoms with E-state index in [9.17, 15) is 9.18 Å². The average molecular weight is 317 g/mol. The Hall–Kier alpha value is -2.67. The Morgan fingerprint density at radius 1 is 1.43 bits per heavy atom. The van der Waals surface area contributed by atoms with Crippen molar-refractivity contribution in [3.05, 3.63) is 47.8 Å². The van der Waals surface area contributed by atoms with Crippen molar-refractivity contribution < 1.29 is 18.8 Å². The summed E-state index contributed by atoms with van der Waals surface area (Å²) in [5.74, 6) is 0.0592. The topological polar surface area (TPSA) is 78.6 Å². The molecule has 0 atom stereocenters. The van der Waals surface area contributed by atoms with E-state index in [1.54, 1.807) is 23.1 Å². The van der Waals surface area contributed by atoms with Crippen LogP contribution in [-0.4, -0.2) is 40.9 Å². The summed E-state index contributed by atoms with van der Waals surface area (Å²) in [7, 11) is 0. The van der Waals surface area contributed by atoms with Gasteiger partial charge in [-0.2, -0.15) is 0 Å². The summed E-state index contributed by atoms with van der Waals surface area (Å²) in [5, 5.41) is 15.4. The largest absolute Gasteiger partial charge is 0.392 e. The number of nitrogens with zero attached hydrogens (tertiary/aromatic N) is 2. The fourth-order valence-corrected chi connectivity index (χ4v) is 2.35. The highest BCUT2D eigenvalue weighted by Crippen LogP contribution is 2.25. The van der Waals surface area contributed by atoms with Gasteiger partial charge < -0.3 is 14.5 Å². The average Bonchev–Trinajstić information content (AvgIpc) is 3.03. The van der Waals surface area contributed by atoms with Crippen molar-refractivity contribution in [3.8, 4) is 11.3 Å². The predicted molar refractivity (Wildman–Crippen MR) is 82.3 cm³/mol. The summed E-state index contributed by atoms with van der Waals surface area (Å²) in [5.41, 5.74) is 1.21. The molecule has 23 heavy (non-hydrogen) atoms. The van der Waals surface area contributed by atoms with Gasteiger partial charge in [0.25, 0.3) is 0 Å².